The fourth-order valence-corrected chi connectivity index (χ4v) is 2.96. The van der Waals surface area contributed by atoms with Gasteiger partial charge >= 0.3 is 6.18 Å². The lowest BCUT2D eigenvalue weighted by atomic mass is 10.1. The largest absolute Gasteiger partial charge is 0.489 e. The van der Waals surface area contributed by atoms with Crippen LogP contribution >= 0.6 is 0 Å². The maximum absolute atomic E-state index is 13.1. The highest BCUT2D eigenvalue weighted by Crippen LogP contribution is 2.35. The number of aromatic amines is 1. The molecule has 5 nitrogen and oxygen atoms in total. The Labute approximate surface area is 165 Å². The number of H-pyrrole nitrogens is 1. The zero-order chi connectivity index (χ0) is 21.2. The third-order valence-corrected chi connectivity index (χ3v) is 4.67. The van der Waals surface area contributed by atoms with Crippen molar-refractivity contribution >= 4 is 22.5 Å². The Morgan fingerprint density at radius 3 is 2.55 bits per heavy atom. The maximum Gasteiger partial charge on any atom is 0.416 e. The van der Waals surface area contributed by atoms with Gasteiger partial charge in [0.1, 0.15) is 12.4 Å². The first-order valence-corrected chi connectivity index (χ1v) is 8.94. The fraction of sp³-hybridized carbons (Fsp3) is 0.286. The summed E-state index contributed by atoms with van der Waals surface area (Å²) in [5, 5.41) is 3.43. The van der Waals surface area contributed by atoms with E-state index in [0.717, 1.165) is 34.3 Å². The number of carbonyl (C=O) groups is 1. The van der Waals surface area contributed by atoms with Crippen molar-refractivity contribution in [2.24, 2.45) is 0 Å². The number of benzene rings is 2. The first kappa shape index (κ1) is 20.7. The molecule has 8 heteroatoms. The summed E-state index contributed by atoms with van der Waals surface area (Å²) in [6, 6.07) is 8.07. The first-order valence-electron chi connectivity index (χ1n) is 8.94. The highest BCUT2D eigenvalue weighted by atomic mass is 19.4. The number of anilines is 1. The monoisotopic (exact) mass is 406 g/mol. The van der Waals surface area contributed by atoms with Gasteiger partial charge in [-0.2, -0.15) is 13.2 Å². The zero-order valence-electron chi connectivity index (χ0n) is 16.2. The second kappa shape index (κ2) is 8.16. The molecule has 0 saturated carbocycles. The van der Waals surface area contributed by atoms with E-state index in [4.69, 9.17) is 9.47 Å². The van der Waals surface area contributed by atoms with Crippen LogP contribution in [-0.4, -0.2) is 31.2 Å². The lowest BCUT2D eigenvalue weighted by molar-refractivity contribution is -0.137. The Hall–Kier alpha value is -3.00. The van der Waals surface area contributed by atoms with Crippen LogP contribution in [-0.2, 0) is 10.9 Å². The molecule has 3 rings (SSSR count). The van der Waals surface area contributed by atoms with Gasteiger partial charge < -0.3 is 19.8 Å². The van der Waals surface area contributed by atoms with Crippen molar-refractivity contribution < 1.29 is 27.4 Å². The van der Waals surface area contributed by atoms with Crippen molar-refractivity contribution in [1.82, 2.24) is 4.98 Å². The molecule has 154 valence electrons. The molecule has 0 saturated heterocycles. The number of fused-ring (bicyclic) bond motifs is 1. The lowest BCUT2D eigenvalue weighted by Crippen LogP contribution is -2.15. The van der Waals surface area contributed by atoms with Crippen LogP contribution in [0.2, 0.25) is 0 Å². The van der Waals surface area contributed by atoms with E-state index in [1.54, 1.807) is 18.2 Å². The summed E-state index contributed by atoms with van der Waals surface area (Å²) in [7, 11) is 1.49. The number of hydrogen-bond acceptors (Lipinski definition) is 3. The molecule has 0 atom stereocenters. The number of rotatable bonds is 6. The fourth-order valence-electron chi connectivity index (χ4n) is 2.96. The van der Waals surface area contributed by atoms with Crippen LogP contribution in [0.3, 0.4) is 0 Å². The second-order valence-corrected chi connectivity index (χ2v) is 6.64. The van der Waals surface area contributed by atoms with E-state index < -0.39 is 17.6 Å². The highest BCUT2D eigenvalue weighted by molar-refractivity contribution is 6.07. The van der Waals surface area contributed by atoms with Crippen molar-refractivity contribution in [2.45, 2.75) is 20.0 Å². The Balaban J connectivity index is 1.92. The minimum Gasteiger partial charge on any atom is -0.489 e. The van der Waals surface area contributed by atoms with Gasteiger partial charge in [-0.1, -0.05) is 0 Å². The summed E-state index contributed by atoms with van der Waals surface area (Å²) >= 11 is 0. The van der Waals surface area contributed by atoms with E-state index in [2.05, 4.69) is 10.3 Å². The van der Waals surface area contributed by atoms with Gasteiger partial charge in [-0.05, 0) is 55.8 Å². The van der Waals surface area contributed by atoms with Gasteiger partial charge in [0.15, 0.2) is 0 Å². The molecule has 3 aromatic rings. The van der Waals surface area contributed by atoms with Crippen LogP contribution in [0.5, 0.6) is 5.75 Å². The number of hydrogen-bond donors (Lipinski definition) is 2. The van der Waals surface area contributed by atoms with E-state index >= 15 is 0 Å². The summed E-state index contributed by atoms with van der Waals surface area (Å²) in [6.07, 6.45) is -4.54. The molecule has 0 radical (unpaired) electrons. The number of carbonyl (C=O) groups excluding carboxylic acids is 1. The van der Waals surface area contributed by atoms with Crippen molar-refractivity contribution in [2.75, 3.05) is 25.6 Å². The van der Waals surface area contributed by atoms with Crippen LogP contribution in [0.1, 0.15) is 27.2 Å². The number of aryl methyl sites for hydroxylation is 2. The van der Waals surface area contributed by atoms with Gasteiger partial charge in [0.25, 0.3) is 5.91 Å². The molecule has 1 amide bonds. The number of alkyl halides is 3. The van der Waals surface area contributed by atoms with Crippen LogP contribution in [0, 0.1) is 13.8 Å². The average molecular weight is 406 g/mol. The average Bonchev–Trinajstić information content (AvgIpc) is 2.95. The summed E-state index contributed by atoms with van der Waals surface area (Å²) in [4.78, 5) is 16.0. The number of nitrogens with one attached hydrogen (secondary N) is 2. The molecule has 0 aliphatic rings. The predicted molar refractivity (Wildman–Crippen MR) is 105 cm³/mol. The summed E-state index contributed by atoms with van der Waals surface area (Å²) in [5.41, 5.74) is 2.29. The van der Waals surface area contributed by atoms with Gasteiger partial charge in [-0.25, -0.2) is 0 Å². The Morgan fingerprint density at radius 1 is 1.10 bits per heavy atom. The summed E-state index contributed by atoms with van der Waals surface area (Å²) in [6.45, 7) is 4.27. The zero-order valence-corrected chi connectivity index (χ0v) is 16.2. The van der Waals surface area contributed by atoms with E-state index in [9.17, 15) is 18.0 Å². The van der Waals surface area contributed by atoms with Crippen molar-refractivity contribution in [3.05, 3.63) is 58.8 Å². The quantitative estimate of drug-likeness (QED) is 0.561. The molecule has 2 N–H and O–H groups in total. The molecule has 29 heavy (non-hydrogen) atoms. The molecular weight excluding hydrogens is 385 g/mol. The number of aromatic nitrogens is 1. The Kier molecular flexibility index (Phi) is 5.83. The number of halogens is 3. The van der Waals surface area contributed by atoms with E-state index in [1.807, 2.05) is 13.8 Å². The molecule has 1 heterocycles. The third kappa shape index (κ3) is 4.54. The molecule has 2 aromatic carbocycles. The van der Waals surface area contributed by atoms with E-state index in [-0.39, 0.29) is 24.7 Å². The highest BCUT2D eigenvalue weighted by Gasteiger charge is 2.31. The number of ether oxygens (including phenoxy) is 2. The normalized spacial score (nSPS) is 11.7. The van der Waals surface area contributed by atoms with Crippen molar-refractivity contribution in [3.8, 4) is 5.75 Å². The molecule has 0 bridgehead atoms. The molecule has 0 unspecified atom stereocenters. The topological polar surface area (TPSA) is 63.4 Å². The van der Waals surface area contributed by atoms with Crippen LogP contribution in [0.15, 0.2) is 36.4 Å². The van der Waals surface area contributed by atoms with Gasteiger partial charge in [0.05, 0.1) is 17.9 Å². The van der Waals surface area contributed by atoms with Gasteiger partial charge in [0.2, 0.25) is 0 Å². The lowest BCUT2D eigenvalue weighted by Gasteiger charge is -2.15. The molecule has 0 aliphatic heterocycles. The molecule has 0 aliphatic carbocycles. The van der Waals surface area contributed by atoms with E-state index in [0.29, 0.717) is 5.56 Å². The molecular formula is C21H21F3N2O3. The SMILES string of the molecule is COCCOc1ccc(C(F)(F)F)cc1NC(=O)c1ccc2[nH]c(C)c(C)c2c1. The molecule has 0 fully saturated rings. The minimum absolute atomic E-state index is 0.0528. The van der Waals surface area contributed by atoms with Gasteiger partial charge in [-0.3, -0.25) is 4.79 Å². The summed E-state index contributed by atoms with van der Waals surface area (Å²) < 4.78 is 49.7. The Morgan fingerprint density at radius 2 is 1.86 bits per heavy atom. The standard InChI is InChI=1S/C21H21F3N2O3/c1-12-13(2)25-17-6-4-14(10-16(12)17)20(27)26-18-11-15(21(22,23)24)5-7-19(18)29-9-8-28-3/h4-7,10-11,25H,8-9H2,1-3H3,(H,26,27). The molecule has 1 aromatic heterocycles. The maximum atomic E-state index is 13.1. The van der Waals surface area contributed by atoms with E-state index in [1.165, 1.54) is 13.2 Å². The smallest absolute Gasteiger partial charge is 0.416 e. The van der Waals surface area contributed by atoms with Crippen LogP contribution in [0.4, 0.5) is 18.9 Å². The second-order valence-electron chi connectivity index (χ2n) is 6.64. The third-order valence-electron chi connectivity index (χ3n) is 4.67. The van der Waals surface area contributed by atoms with Crippen LogP contribution < -0.4 is 10.1 Å². The summed E-state index contributed by atoms with van der Waals surface area (Å²) in [5.74, 6) is -0.390. The first-order chi connectivity index (χ1) is 13.7. The van der Waals surface area contributed by atoms with Gasteiger partial charge in [-0.15, -0.1) is 0 Å². The van der Waals surface area contributed by atoms with Crippen molar-refractivity contribution in [3.63, 3.8) is 0 Å². The Bertz CT molecular complexity index is 1040. The van der Waals surface area contributed by atoms with Crippen molar-refractivity contribution in [1.29, 1.82) is 0 Å². The minimum atomic E-state index is -4.54. The predicted octanol–water partition coefficient (Wildman–Crippen LogP) is 5.08. The van der Waals surface area contributed by atoms with Gasteiger partial charge in [0, 0.05) is 29.3 Å². The van der Waals surface area contributed by atoms with Crippen LogP contribution in [0.25, 0.3) is 10.9 Å². The number of amides is 1. The number of methoxy groups -OCH3 is 1. The molecule has 0 spiro atoms.